The summed E-state index contributed by atoms with van der Waals surface area (Å²) in [6, 6.07) is 0.278. The molecule has 1 aromatic heterocycles. The van der Waals surface area contributed by atoms with Crippen molar-refractivity contribution in [2.45, 2.75) is 38.6 Å². The van der Waals surface area contributed by atoms with E-state index in [4.69, 9.17) is 4.52 Å². The van der Waals surface area contributed by atoms with Crippen molar-refractivity contribution in [1.82, 2.24) is 15.5 Å². The molecule has 2 fully saturated rings. The largest absolute Gasteiger partial charge is 0.338 e. The van der Waals surface area contributed by atoms with E-state index in [1.165, 1.54) is 12.8 Å². The van der Waals surface area contributed by atoms with Crippen molar-refractivity contribution in [2.24, 2.45) is 11.8 Å². The van der Waals surface area contributed by atoms with Crippen LogP contribution in [-0.4, -0.2) is 16.7 Å². The lowest BCUT2D eigenvalue weighted by Crippen LogP contribution is -2.16. The van der Waals surface area contributed by atoms with Gasteiger partial charge in [0.15, 0.2) is 5.82 Å². The number of hydrogen-bond acceptors (Lipinski definition) is 4. The Labute approximate surface area is 89.4 Å². The first-order valence-electron chi connectivity index (χ1n) is 5.82. The Bertz CT molecular complexity index is 362. The minimum atomic E-state index is 0.278. The molecule has 0 aromatic carbocycles. The molecule has 1 aliphatic heterocycles. The van der Waals surface area contributed by atoms with Gasteiger partial charge in [0.2, 0.25) is 5.89 Å². The second kappa shape index (κ2) is 3.30. The van der Waals surface area contributed by atoms with Crippen LogP contribution in [0.15, 0.2) is 4.52 Å². The van der Waals surface area contributed by atoms with Crippen molar-refractivity contribution >= 4 is 0 Å². The van der Waals surface area contributed by atoms with Crippen LogP contribution in [0.25, 0.3) is 0 Å². The van der Waals surface area contributed by atoms with Crippen molar-refractivity contribution in [3.8, 4) is 0 Å². The predicted molar refractivity (Wildman–Crippen MR) is 55.3 cm³/mol. The highest BCUT2D eigenvalue weighted by molar-refractivity contribution is 5.09. The highest BCUT2D eigenvalue weighted by Crippen LogP contribution is 2.45. The normalized spacial score (nSPS) is 39.6. The van der Waals surface area contributed by atoms with Crippen LogP contribution < -0.4 is 5.32 Å². The van der Waals surface area contributed by atoms with Crippen molar-refractivity contribution in [3.63, 3.8) is 0 Å². The summed E-state index contributed by atoms with van der Waals surface area (Å²) in [5.41, 5.74) is 0. The van der Waals surface area contributed by atoms with Gasteiger partial charge in [0, 0.05) is 5.92 Å². The third-order valence-corrected chi connectivity index (χ3v) is 3.70. The van der Waals surface area contributed by atoms with E-state index < -0.39 is 0 Å². The molecule has 2 heterocycles. The third kappa shape index (κ3) is 1.57. The van der Waals surface area contributed by atoms with E-state index in [-0.39, 0.29) is 6.04 Å². The molecule has 1 aromatic rings. The molecule has 4 atom stereocenters. The summed E-state index contributed by atoms with van der Waals surface area (Å²) < 4.78 is 5.35. The van der Waals surface area contributed by atoms with Gasteiger partial charge in [-0.3, -0.25) is 0 Å². The fourth-order valence-electron chi connectivity index (χ4n) is 2.37. The molecule has 1 saturated heterocycles. The zero-order valence-electron chi connectivity index (χ0n) is 9.23. The molecule has 4 nitrogen and oxygen atoms in total. The molecule has 4 unspecified atom stereocenters. The summed E-state index contributed by atoms with van der Waals surface area (Å²) in [6.07, 6.45) is 2.41. The van der Waals surface area contributed by atoms with Crippen LogP contribution in [0.4, 0.5) is 0 Å². The van der Waals surface area contributed by atoms with E-state index in [1.807, 2.05) is 0 Å². The fourth-order valence-corrected chi connectivity index (χ4v) is 2.37. The van der Waals surface area contributed by atoms with Crippen LogP contribution in [0.2, 0.25) is 0 Å². The average molecular weight is 207 g/mol. The molecule has 0 bridgehead atoms. The standard InChI is InChI=1S/C11H17N3O/c1-6-3-4-12-9(6)11-13-10(14-15-11)8-5-7(8)2/h6-9,12H,3-5H2,1-2H3. The summed E-state index contributed by atoms with van der Waals surface area (Å²) >= 11 is 0. The van der Waals surface area contributed by atoms with E-state index >= 15 is 0 Å². The molecule has 1 aliphatic carbocycles. The Morgan fingerprint density at radius 1 is 1.33 bits per heavy atom. The lowest BCUT2D eigenvalue weighted by molar-refractivity contribution is 0.316. The fraction of sp³-hybridized carbons (Fsp3) is 0.818. The molecular weight excluding hydrogens is 190 g/mol. The molecule has 0 spiro atoms. The molecule has 3 rings (SSSR count). The van der Waals surface area contributed by atoms with Crippen molar-refractivity contribution in [3.05, 3.63) is 11.7 Å². The Hall–Kier alpha value is -0.900. The summed E-state index contributed by atoms with van der Waals surface area (Å²) in [5, 5.41) is 7.49. The number of rotatable bonds is 2. The van der Waals surface area contributed by atoms with Gasteiger partial charge in [-0.05, 0) is 31.2 Å². The van der Waals surface area contributed by atoms with Gasteiger partial charge in [-0.2, -0.15) is 4.98 Å². The van der Waals surface area contributed by atoms with E-state index in [0.29, 0.717) is 11.8 Å². The number of nitrogens with zero attached hydrogens (tertiary/aromatic N) is 2. The molecular formula is C11H17N3O. The summed E-state index contributed by atoms with van der Waals surface area (Å²) in [4.78, 5) is 4.51. The molecule has 0 amide bonds. The molecule has 15 heavy (non-hydrogen) atoms. The Balaban J connectivity index is 1.78. The smallest absolute Gasteiger partial charge is 0.244 e. The quantitative estimate of drug-likeness (QED) is 0.804. The SMILES string of the molecule is CC1CC1c1noc(C2NCCC2C)n1. The van der Waals surface area contributed by atoms with Crippen molar-refractivity contribution < 1.29 is 4.52 Å². The van der Waals surface area contributed by atoms with E-state index in [2.05, 4.69) is 29.3 Å². The molecule has 1 N–H and O–H groups in total. The van der Waals surface area contributed by atoms with Crippen molar-refractivity contribution in [2.75, 3.05) is 6.54 Å². The van der Waals surface area contributed by atoms with Crippen LogP contribution in [-0.2, 0) is 0 Å². The maximum atomic E-state index is 5.35. The lowest BCUT2D eigenvalue weighted by atomic mass is 10.0. The van der Waals surface area contributed by atoms with Crippen LogP contribution in [0.3, 0.4) is 0 Å². The zero-order chi connectivity index (χ0) is 10.4. The number of aromatic nitrogens is 2. The van der Waals surface area contributed by atoms with Gasteiger partial charge in [0.1, 0.15) is 0 Å². The molecule has 82 valence electrons. The third-order valence-electron chi connectivity index (χ3n) is 3.70. The van der Waals surface area contributed by atoms with Crippen molar-refractivity contribution in [1.29, 1.82) is 0 Å². The Morgan fingerprint density at radius 3 is 2.73 bits per heavy atom. The van der Waals surface area contributed by atoms with Crippen LogP contribution in [0.5, 0.6) is 0 Å². The minimum absolute atomic E-state index is 0.278. The van der Waals surface area contributed by atoms with E-state index in [1.54, 1.807) is 0 Å². The monoisotopic (exact) mass is 207 g/mol. The van der Waals surface area contributed by atoms with Gasteiger partial charge in [-0.25, -0.2) is 0 Å². The molecule has 1 saturated carbocycles. The summed E-state index contributed by atoms with van der Waals surface area (Å²) in [7, 11) is 0. The number of nitrogens with one attached hydrogen (secondary N) is 1. The second-order valence-corrected chi connectivity index (χ2v) is 5.01. The topological polar surface area (TPSA) is 51.0 Å². The zero-order valence-corrected chi connectivity index (χ0v) is 9.23. The van der Waals surface area contributed by atoms with E-state index in [0.717, 1.165) is 24.2 Å². The first kappa shape index (κ1) is 9.33. The predicted octanol–water partition coefficient (Wildman–Crippen LogP) is 1.86. The van der Waals surface area contributed by atoms with Crippen LogP contribution >= 0.6 is 0 Å². The van der Waals surface area contributed by atoms with Gasteiger partial charge in [-0.15, -0.1) is 0 Å². The first-order chi connectivity index (χ1) is 7.25. The highest BCUT2D eigenvalue weighted by atomic mass is 16.5. The second-order valence-electron chi connectivity index (χ2n) is 5.01. The minimum Gasteiger partial charge on any atom is -0.338 e. The molecule has 0 radical (unpaired) electrons. The van der Waals surface area contributed by atoms with Gasteiger partial charge in [0.05, 0.1) is 6.04 Å². The van der Waals surface area contributed by atoms with Crippen LogP contribution in [0.1, 0.15) is 50.4 Å². The highest BCUT2D eigenvalue weighted by Gasteiger charge is 2.39. The first-order valence-corrected chi connectivity index (χ1v) is 5.82. The van der Waals surface area contributed by atoms with Gasteiger partial charge < -0.3 is 9.84 Å². The number of hydrogen-bond donors (Lipinski definition) is 1. The Kier molecular flexibility index (Phi) is 2.06. The maximum absolute atomic E-state index is 5.35. The lowest BCUT2D eigenvalue weighted by Gasteiger charge is -2.09. The van der Waals surface area contributed by atoms with Crippen LogP contribution in [0, 0.1) is 11.8 Å². The molecule has 2 aliphatic rings. The summed E-state index contributed by atoms with van der Waals surface area (Å²) in [5.74, 6) is 3.60. The average Bonchev–Trinajstić information content (AvgIpc) is 2.69. The Morgan fingerprint density at radius 2 is 2.13 bits per heavy atom. The van der Waals surface area contributed by atoms with Gasteiger partial charge in [0.25, 0.3) is 0 Å². The summed E-state index contributed by atoms with van der Waals surface area (Å²) in [6.45, 7) is 5.52. The van der Waals surface area contributed by atoms with Gasteiger partial charge >= 0.3 is 0 Å². The van der Waals surface area contributed by atoms with E-state index in [9.17, 15) is 0 Å². The maximum Gasteiger partial charge on any atom is 0.244 e. The molecule has 4 heteroatoms. The van der Waals surface area contributed by atoms with Gasteiger partial charge in [-0.1, -0.05) is 19.0 Å².